The zero-order valence-electron chi connectivity index (χ0n) is 12.5. The van der Waals surface area contributed by atoms with E-state index in [1.807, 2.05) is 41.7 Å². The molecule has 0 amide bonds. The summed E-state index contributed by atoms with van der Waals surface area (Å²) in [7, 11) is 0. The summed E-state index contributed by atoms with van der Waals surface area (Å²) in [6.45, 7) is 4.43. The maximum Gasteiger partial charge on any atom is 0.0763 e. The second-order valence-electron chi connectivity index (χ2n) is 4.45. The molecule has 2 aromatic rings. The van der Waals surface area contributed by atoms with Crippen molar-refractivity contribution < 1.29 is 0 Å². The molecule has 0 bridgehead atoms. The molecule has 0 aromatic heterocycles. The van der Waals surface area contributed by atoms with Gasteiger partial charge >= 0.3 is 0 Å². The van der Waals surface area contributed by atoms with Crippen LogP contribution in [0.25, 0.3) is 0 Å². The number of thioether (sulfide) groups is 2. The van der Waals surface area contributed by atoms with Crippen LogP contribution in [0.5, 0.6) is 0 Å². The van der Waals surface area contributed by atoms with Gasteiger partial charge in [-0.05, 0) is 35.3 Å². The van der Waals surface area contributed by atoms with E-state index < -0.39 is 0 Å². The number of hydrogen-bond donors (Lipinski definition) is 0. The molecular formula is C19H20S2. The molecule has 108 valence electrons. The van der Waals surface area contributed by atoms with Gasteiger partial charge in [0.05, 0.1) is 4.58 Å². The van der Waals surface area contributed by atoms with Gasteiger partial charge in [0.15, 0.2) is 0 Å². The van der Waals surface area contributed by atoms with E-state index in [1.165, 1.54) is 5.56 Å². The highest BCUT2D eigenvalue weighted by molar-refractivity contribution is 8.16. The molecule has 0 spiro atoms. The van der Waals surface area contributed by atoms with E-state index in [-0.39, 0.29) is 0 Å². The summed E-state index contributed by atoms with van der Waals surface area (Å²) in [5, 5.41) is 0. The third-order valence-electron chi connectivity index (χ3n) is 2.97. The Labute approximate surface area is 136 Å². The summed E-state index contributed by atoms with van der Waals surface area (Å²) in [5.74, 6) is 8.87. The maximum absolute atomic E-state index is 3.35. The first kappa shape index (κ1) is 16.1. The lowest BCUT2D eigenvalue weighted by molar-refractivity contribution is 1.33. The molecule has 2 aromatic carbocycles. The van der Waals surface area contributed by atoms with Gasteiger partial charge in [-0.2, -0.15) is 0 Å². The van der Waals surface area contributed by atoms with Crippen molar-refractivity contribution in [2.45, 2.75) is 18.4 Å². The first-order chi connectivity index (χ1) is 10.3. The Morgan fingerprint density at radius 1 is 0.810 bits per heavy atom. The van der Waals surface area contributed by atoms with Crippen molar-refractivity contribution in [3.05, 3.63) is 71.3 Å². The number of hydrogen-bond acceptors (Lipinski definition) is 2. The Kier molecular flexibility index (Phi) is 6.79. The van der Waals surface area contributed by atoms with Gasteiger partial charge in [-0.1, -0.05) is 62.1 Å². The van der Waals surface area contributed by atoms with E-state index >= 15 is 0 Å². The van der Waals surface area contributed by atoms with Crippen LogP contribution >= 0.6 is 23.5 Å². The summed E-state index contributed by atoms with van der Waals surface area (Å²) in [5.41, 5.74) is 3.56. The molecule has 21 heavy (non-hydrogen) atoms. The van der Waals surface area contributed by atoms with Crippen LogP contribution in [0.15, 0.2) is 54.6 Å². The van der Waals surface area contributed by atoms with Gasteiger partial charge in [-0.15, -0.1) is 23.5 Å². The molecule has 2 rings (SSSR count). The second kappa shape index (κ2) is 8.87. The monoisotopic (exact) mass is 312 g/mol. The lowest BCUT2D eigenvalue weighted by Crippen LogP contribution is -1.95. The van der Waals surface area contributed by atoms with Crippen LogP contribution in [0.3, 0.4) is 0 Å². The largest absolute Gasteiger partial charge is 0.143 e. The van der Waals surface area contributed by atoms with E-state index in [1.54, 1.807) is 0 Å². The first-order valence-electron chi connectivity index (χ1n) is 7.24. The van der Waals surface area contributed by atoms with E-state index in [0.717, 1.165) is 22.6 Å². The molecule has 0 saturated heterocycles. The maximum atomic E-state index is 3.35. The predicted octanol–water partition coefficient (Wildman–Crippen LogP) is 5.59. The van der Waals surface area contributed by atoms with E-state index in [4.69, 9.17) is 0 Å². The summed E-state index contributed by atoms with van der Waals surface area (Å²) in [6, 6.07) is 18.7. The Hall–Kier alpha value is -1.30. The third-order valence-corrected chi connectivity index (χ3v) is 5.56. The van der Waals surface area contributed by atoms with Crippen molar-refractivity contribution >= 4 is 23.5 Å². The average molecular weight is 313 g/mol. The standard InChI is InChI=1S/C19H20S2/c1-3-20-19(21-4-2)18-13-9-8-12-17(18)15-14-16-10-6-5-7-11-16/h5-13,19H,3-4H2,1-2H3. The van der Waals surface area contributed by atoms with Gasteiger partial charge < -0.3 is 0 Å². The zero-order valence-corrected chi connectivity index (χ0v) is 14.1. The zero-order chi connectivity index (χ0) is 14.9. The van der Waals surface area contributed by atoms with E-state index in [2.05, 4.69) is 62.1 Å². The fourth-order valence-electron chi connectivity index (χ4n) is 2.01. The van der Waals surface area contributed by atoms with Crippen molar-refractivity contribution in [3.8, 4) is 11.8 Å². The van der Waals surface area contributed by atoms with Crippen LogP contribution < -0.4 is 0 Å². The molecule has 0 saturated carbocycles. The molecule has 0 radical (unpaired) electrons. The van der Waals surface area contributed by atoms with Crippen molar-refractivity contribution in [1.29, 1.82) is 0 Å². The summed E-state index contributed by atoms with van der Waals surface area (Å²) >= 11 is 3.97. The summed E-state index contributed by atoms with van der Waals surface area (Å²) in [6.07, 6.45) is 0. The fourth-order valence-corrected chi connectivity index (χ4v) is 4.58. The van der Waals surface area contributed by atoms with E-state index in [0.29, 0.717) is 4.58 Å². The molecule has 0 unspecified atom stereocenters. The second-order valence-corrected chi connectivity index (χ2v) is 7.51. The first-order valence-corrected chi connectivity index (χ1v) is 9.34. The summed E-state index contributed by atoms with van der Waals surface area (Å²) < 4.78 is 0.473. The van der Waals surface area contributed by atoms with Gasteiger partial charge in [0.2, 0.25) is 0 Å². The minimum Gasteiger partial charge on any atom is -0.143 e. The highest BCUT2D eigenvalue weighted by Crippen LogP contribution is 2.40. The van der Waals surface area contributed by atoms with Crippen molar-refractivity contribution in [3.63, 3.8) is 0 Å². The molecule has 0 atom stereocenters. The minimum atomic E-state index is 0.473. The Bertz CT molecular complexity index is 602. The fraction of sp³-hybridized carbons (Fsp3) is 0.263. The SMILES string of the molecule is CCSC(SCC)c1ccccc1C#Cc1ccccc1. The Morgan fingerprint density at radius 2 is 1.43 bits per heavy atom. The molecule has 2 heteroatoms. The van der Waals surface area contributed by atoms with Gasteiger partial charge in [-0.3, -0.25) is 0 Å². The normalized spacial score (nSPS) is 10.2. The molecule has 0 aliphatic rings. The van der Waals surface area contributed by atoms with E-state index in [9.17, 15) is 0 Å². The smallest absolute Gasteiger partial charge is 0.0763 e. The Balaban J connectivity index is 2.30. The number of benzene rings is 2. The van der Waals surface area contributed by atoms with Gasteiger partial charge in [0.25, 0.3) is 0 Å². The molecule has 0 aliphatic carbocycles. The van der Waals surface area contributed by atoms with Gasteiger partial charge in [0, 0.05) is 11.1 Å². The molecule has 0 heterocycles. The van der Waals surface area contributed by atoms with Crippen molar-refractivity contribution in [2.24, 2.45) is 0 Å². The molecule has 0 fully saturated rings. The third kappa shape index (κ3) is 4.88. The molecule has 0 N–H and O–H groups in total. The van der Waals surface area contributed by atoms with Crippen molar-refractivity contribution in [2.75, 3.05) is 11.5 Å². The highest BCUT2D eigenvalue weighted by atomic mass is 32.2. The summed E-state index contributed by atoms with van der Waals surface area (Å²) in [4.78, 5) is 0. The predicted molar refractivity (Wildman–Crippen MR) is 97.9 cm³/mol. The number of rotatable bonds is 5. The van der Waals surface area contributed by atoms with Crippen LogP contribution in [-0.2, 0) is 0 Å². The van der Waals surface area contributed by atoms with Gasteiger partial charge in [-0.25, -0.2) is 0 Å². The molecule has 0 aliphatic heterocycles. The topological polar surface area (TPSA) is 0 Å². The highest BCUT2D eigenvalue weighted by Gasteiger charge is 2.13. The van der Waals surface area contributed by atoms with Crippen LogP contribution in [0.2, 0.25) is 0 Å². The van der Waals surface area contributed by atoms with Crippen LogP contribution in [-0.4, -0.2) is 11.5 Å². The lowest BCUT2D eigenvalue weighted by Gasteiger charge is -2.16. The lowest BCUT2D eigenvalue weighted by atomic mass is 10.1. The molecule has 0 nitrogen and oxygen atoms in total. The van der Waals surface area contributed by atoms with Crippen LogP contribution in [0, 0.1) is 11.8 Å². The van der Waals surface area contributed by atoms with Crippen LogP contribution in [0.4, 0.5) is 0 Å². The van der Waals surface area contributed by atoms with Gasteiger partial charge in [0.1, 0.15) is 0 Å². The van der Waals surface area contributed by atoms with Crippen molar-refractivity contribution in [1.82, 2.24) is 0 Å². The minimum absolute atomic E-state index is 0.473. The van der Waals surface area contributed by atoms with Crippen LogP contribution in [0.1, 0.15) is 35.1 Å². The Morgan fingerprint density at radius 3 is 2.10 bits per heavy atom. The average Bonchev–Trinajstić information content (AvgIpc) is 2.54. The molecular weight excluding hydrogens is 292 g/mol. The quantitative estimate of drug-likeness (QED) is 0.521.